The predicted octanol–water partition coefficient (Wildman–Crippen LogP) is 3.00. The molecule has 3 fully saturated rings. The number of aryl methyl sites for hydroxylation is 1. The number of fused-ring (bicyclic) bond motifs is 2. The number of benzene rings is 1. The third-order valence-corrected chi connectivity index (χ3v) is 8.18. The molecule has 4 amide bonds. The smallest absolute Gasteiger partial charge is 0.318 e. The number of carbonyl (C=O) groups excluding carboxylic acids is 3. The molecule has 2 saturated heterocycles. The van der Waals surface area contributed by atoms with Crippen LogP contribution in [-0.2, 0) is 4.79 Å². The molecule has 1 aromatic heterocycles. The molecule has 3 N–H and O–H groups in total. The molecule has 0 spiro atoms. The van der Waals surface area contributed by atoms with Crippen molar-refractivity contribution < 1.29 is 14.4 Å². The van der Waals surface area contributed by atoms with Gasteiger partial charge in [0.15, 0.2) is 0 Å². The number of likely N-dealkylation sites (tertiary alicyclic amines) is 1. The minimum Gasteiger partial charge on any atom is -0.343 e. The molecule has 3 heterocycles. The van der Waals surface area contributed by atoms with Gasteiger partial charge in [-0.05, 0) is 56.7 Å². The maximum Gasteiger partial charge on any atom is 0.318 e. The van der Waals surface area contributed by atoms with Crippen molar-refractivity contribution in [3.05, 3.63) is 53.4 Å². The Labute approximate surface area is 216 Å². The first-order chi connectivity index (χ1) is 18.0. The van der Waals surface area contributed by atoms with Gasteiger partial charge in [-0.2, -0.15) is 0 Å². The van der Waals surface area contributed by atoms with E-state index in [1.165, 1.54) is 0 Å². The van der Waals surface area contributed by atoms with E-state index in [1.807, 2.05) is 36.1 Å². The normalized spacial score (nSPS) is 24.1. The Morgan fingerprint density at radius 3 is 2.62 bits per heavy atom. The topological polar surface area (TPSA) is 110 Å². The van der Waals surface area contributed by atoms with Crippen molar-refractivity contribution in [1.82, 2.24) is 30.4 Å². The molecule has 6 rings (SSSR count). The number of rotatable bonds is 5. The number of urea groups is 1. The standard InChI is InChI=1S/C28H34N6O3/c1-17-14-20(15-23-25(17)32-26(30-23)19-6-7-19)27(36)29-16-24(35)33-11-9-21(10-12-33)34-13-8-18-4-2-3-5-22(18)31-28(34)37/h2-5,14-15,18-19,21-22H,6-13,16H2,1H3,(H,29,36)(H,30,32)(H,31,37). The Morgan fingerprint density at radius 1 is 1.05 bits per heavy atom. The highest BCUT2D eigenvalue weighted by molar-refractivity contribution is 5.99. The van der Waals surface area contributed by atoms with E-state index in [4.69, 9.17) is 4.98 Å². The summed E-state index contributed by atoms with van der Waals surface area (Å²) in [4.78, 5) is 50.4. The third kappa shape index (κ3) is 4.86. The van der Waals surface area contributed by atoms with Gasteiger partial charge in [0, 0.05) is 43.1 Å². The summed E-state index contributed by atoms with van der Waals surface area (Å²) in [5.41, 5.74) is 3.24. The van der Waals surface area contributed by atoms with Crippen LogP contribution in [-0.4, -0.2) is 75.9 Å². The number of imidazole rings is 1. The second-order valence-corrected chi connectivity index (χ2v) is 10.8. The van der Waals surface area contributed by atoms with Gasteiger partial charge in [-0.1, -0.05) is 24.3 Å². The van der Waals surface area contributed by atoms with Crippen molar-refractivity contribution in [2.24, 2.45) is 5.92 Å². The van der Waals surface area contributed by atoms with E-state index < -0.39 is 0 Å². The van der Waals surface area contributed by atoms with Crippen molar-refractivity contribution in [1.29, 1.82) is 0 Å². The lowest BCUT2D eigenvalue weighted by Gasteiger charge is -2.38. The van der Waals surface area contributed by atoms with Crippen molar-refractivity contribution >= 4 is 28.9 Å². The van der Waals surface area contributed by atoms with E-state index in [0.717, 1.165) is 61.1 Å². The van der Waals surface area contributed by atoms with Crippen LogP contribution < -0.4 is 10.6 Å². The number of allylic oxidation sites excluding steroid dienone is 2. The van der Waals surface area contributed by atoms with Gasteiger partial charge in [0.2, 0.25) is 5.91 Å². The molecule has 2 aromatic rings. The summed E-state index contributed by atoms with van der Waals surface area (Å²) in [6, 6.07) is 3.82. The van der Waals surface area contributed by atoms with Crippen molar-refractivity contribution in [3.8, 4) is 0 Å². The minimum atomic E-state index is -0.262. The highest BCUT2D eigenvalue weighted by Crippen LogP contribution is 2.39. The minimum absolute atomic E-state index is 0.0155. The number of hydrogen-bond acceptors (Lipinski definition) is 4. The van der Waals surface area contributed by atoms with Crippen LogP contribution in [0.3, 0.4) is 0 Å². The number of piperidine rings is 1. The van der Waals surface area contributed by atoms with E-state index in [-0.39, 0.29) is 36.5 Å². The first kappa shape index (κ1) is 23.8. The van der Waals surface area contributed by atoms with Gasteiger partial charge >= 0.3 is 6.03 Å². The van der Waals surface area contributed by atoms with Crippen LogP contribution >= 0.6 is 0 Å². The molecule has 2 unspecified atom stereocenters. The fourth-order valence-electron chi connectivity index (χ4n) is 5.84. The number of nitrogens with one attached hydrogen (secondary N) is 3. The van der Waals surface area contributed by atoms with Gasteiger partial charge in [0.25, 0.3) is 5.91 Å². The Bertz CT molecular complexity index is 1280. The molecule has 9 nitrogen and oxygen atoms in total. The van der Waals surface area contributed by atoms with Gasteiger partial charge in [-0.25, -0.2) is 9.78 Å². The largest absolute Gasteiger partial charge is 0.343 e. The van der Waals surface area contributed by atoms with E-state index in [9.17, 15) is 14.4 Å². The van der Waals surface area contributed by atoms with Crippen LogP contribution in [0.2, 0.25) is 0 Å². The van der Waals surface area contributed by atoms with Crippen LogP contribution in [0.1, 0.15) is 59.8 Å². The number of hydrogen-bond donors (Lipinski definition) is 3. The molecule has 2 atom stereocenters. The number of amides is 4. The van der Waals surface area contributed by atoms with Gasteiger partial charge < -0.3 is 25.4 Å². The summed E-state index contributed by atoms with van der Waals surface area (Å²) in [5.74, 6) is 1.49. The average molecular weight is 503 g/mol. The second-order valence-electron chi connectivity index (χ2n) is 10.8. The van der Waals surface area contributed by atoms with Crippen molar-refractivity contribution in [2.45, 2.75) is 57.0 Å². The first-order valence-corrected chi connectivity index (χ1v) is 13.4. The van der Waals surface area contributed by atoms with Crippen LogP contribution in [0.5, 0.6) is 0 Å². The van der Waals surface area contributed by atoms with E-state index >= 15 is 0 Å². The molecule has 4 aliphatic rings. The molecular formula is C28H34N6O3. The molecule has 37 heavy (non-hydrogen) atoms. The highest BCUT2D eigenvalue weighted by Gasteiger charge is 2.34. The fraction of sp³-hybridized carbons (Fsp3) is 0.500. The third-order valence-electron chi connectivity index (χ3n) is 8.18. The Kier molecular flexibility index (Phi) is 6.22. The lowest BCUT2D eigenvalue weighted by molar-refractivity contribution is -0.131. The molecule has 1 aromatic carbocycles. The van der Waals surface area contributed by atoms with E-state index in [1.54, 1.807) is 4.90 Å². The highest BCUT2D eigenvalue weighted by atomic mass is 16.2. The van der Waals surface area contributed by atoms with Crippen LogP contribution in [0.15, 0.2) is 36.4 Å². The second kappa shape index (κ2) is 9.68. The monoisotopic (exact) mass is 502 g/mol. The molecule has 194 valence electrons. The molecule has 0 radical (unpaired) electrons. The lowest BCUT2D eigenvalue weighted by Crippen LogP contribution is -2.52. The lowest BCUT2D eigenvalue weighted by atomic mass is 9.92. The summed E-state index contributed by atoms with van der Waals surface area (Å²) in [6.45, 7) is 3.81. The summed E-state index contributed by atoms with van der Waals surface area (Å²) >= 11 is 0. The van der Waals surface area contributed by atoms with Crippen molar-refractivity contribution in [2.75, 3.05) is 26.2 Å². The van der Waals surface area contributed by atoms with Crippen molar-refractivity contribution in [3.63, 3.8) is 0 Å². The number of aromatic nitrogens is 2. The van der Waals surface area contributed by atoms with Crippen LogP contribution in [0.4, 0.5) is 4.79 Å². The van der Waals surface area contributed by atoms with Gasteiger partial charge in [-0.15, -0.1) is 0 Å². The number of H-pyrrole nitrogens is 1. The van der Waals surface area contributed by atoms with Gasteiger partial charge in [-0.3, -0.25) is 9.59 Å². The number of aromatic amines is 1. The van der Waals surface area contributed by atoms with Gasteiger partial charge in [0.1, 0.15) is 5.82 Å². The zero-order chi connectivity index (χ0) is 25.5. The van der Waals surface area contributed by atoms with E-state index in [0.29, 0.717) is 30.5 Å². The van der Waals surface area contributed by atoms with Crippen LogP contribution in [0.25, 0.3) is 11.0 Å². The summed E-state index contributed by atoms with van der Waals surface area (Å²) in [5, 5.41) is 5.95. The average Bonchev–Trinajstić information content (AvgIpc) is 3.69. The van der Waals surface area contributed by atoms with Gasteiger partial charge in [0.05, 0.1) is 23.6 Å². The van der Waals surface area contributed by atoms with Crippen LogP contribution in [0, 0.1) is 12.8 Å². The zero-order valence-corrected chi connectivity index (χ0v) is 21.2. The molecule has 2 aliphatic carbocycles. The zero-order valence-electron chi connectivity index (χ0n) is 21.2. The number of carbonyl (C=O) groups is 3. The predicted molar refractivity (Wildman–Crippen MR) is 140 cm³/mol. The molecule has 1 saturated carbocycles. The molecule has 2 aliphatic heterocycles. The number of nitrogens with zero attached hydrogens (tertiary/aromatic N) is 3. The van der Waals surface area contributed by atoms with E-state index in [2.05, 4.69) is 27.8 Å². The molecule has 9 heteroatoms. The quantitative estimate of drug-likeness (QED) is 0.584. The Morgan fingerprint density at radius 2 is 1.84 bits per heavy atom. The fourth-order valence-corrected chi connectivity index (χ4v) is 5.84. The SMILES string of the molecule is Cc1cc(C(=O)NCC(=O)N2CCC(N3CCC4C=CC=CC4NC3=O)CC2)cc2[nH]c(C3CC3)nc12. The maximum atomic E-state index is 12.9. The summed E-state index contributed by atoms with van der Waals surface area (Å²) < 4.78 is 0. The first-order valence-electron chi connectivity index (χ1n) is 13.4. The Hall–Kier alpha value is -3.62. The summed E-state index contributed by atoms with van der Waals surface area (Å²) in [7, 11) is 0. The Balaban J connectivity index is 1.01. The summed E-state index contributed by atoms with van der Waals surface area (Å²) in [6.07, 6.45) is 13.0. The molecule has 0 bridgehead atoms. The molecular weight excluding hydrogens is 468 g/mol. The maximum absolute atomic E-state index is 12.9.